The third-order valence-electron chi connectivity index (χ3n) is 4.11. The zero-order valence-corrected chi connectivity index (χ0v) is 15.9. The summed E-state index contributed by atoms with van der Waals surface area (Å²) in [6.07, 6.45) is 0. The third kappa shape index (κ3) is 4.24. The Hall–Kier alpha value is -2.24. The Morgan fingerprint density at radius 1 is 1.16 bits per heavy atom. The van der Waals surface area contributed by atoms with E-state index in [1.165, 1.54) is 16.9 Å². The molecule has 0 aliphatic rings. The fraction of sp³-hybridized carbons (Fsp3) is 0.200. The Labute approximate surface area is 157 Å². The predicted octanol–water partition coefficient (Wildman–Crippen LogP) is 5.13. The minimum absolute atomic E-state index is 0.0377. The molecule has 0 saturated carbocycles. The second kappa shape index (κ2) is 7.76. The van der Waals surface area contributed by atoms with E-state index in [1.807, 2.05) is 47.2 Å². The lowest BCUT2D eigenvalue weighted by Gasteiger charge is -2.15. The second-order valence-corrected chi connectivity index (χ2v) is 7.54. The molecule has 1 amide bonds. The molecule has 0 fully saturated rings. The molecule has 25 heavy (non-hydrogen) atoms. The van der Waals surface area contributed by atoms with Crippen molar-refractivity contribution < 1.29 is 4.79 Å². The van der Waals surface area contributed by atoms with Gasteiger partial charge in [0.2, 0.25) is 5.91 Å². The van der Waals surface area contributed by atoms with Gasteiger partial charge < -0.3 is 9.88 Å². The fourth-order valence-electron chi connectivity index (χ4n) is 2.69. The summed E-state index contributed by atoms with van der Waals surface area (Å²) in [7, 11) is 0. The molecule has 0 radical (unpaired) electrons. The van der Waals surface area contributed by atoms with Crippen LogP contribution in [0.5, 0.6) is 0 Å². The number of rotatable bonds is 5. The van der Waals surface area contributed by atoms with Gasteiger partial charge in [0.15, 0.2) is 3.95 Å². The van der Waals surface area contributed by atoms with Crippen LogP contribution in [0.1, 0.15) is 24.1 Å². The minimum atomic E-state index is -0.0424. The molecule has 3 rings (SSSR count). The Kier molecular flexibility index (Phi) is 5.46. The average Bonchev–Trinajstić information content (AvgIpc) is 2.97. The molecule has 1 heterocycles. The summed E-state index contributed by atoms with van der Waals surface area (Å²) in [6, 6.07) is 18.2. The van der Waals surface area contributed by atoms with Crippen LogP contribution in [0.3, 0.4) is 0 Å². The molecular weight excluding hydrogens is 348 g/mol. The smallest absolute Gasteiger partial charge is 0.240 e. The molecule has 0 aliphatic heterocycles. The van der Waals surface area contributed by atoms with E-state index in [-0.39, 0.29) is 18.5 Å². The first kappa shape index (κ1) is 17.6. The molecular formula is C20H20N2OS2. The van der Waals surface area contributed by atoms with E-state index in [4.69, 9.17) is 12.2 Å². The summed E-state index contributed by atoms with van der Waals surface area (Å²) in [6.45, 7) is 4.27. The summed E-state index contributed by atoms with van der Waals surface area (Å²) in [5.41, 5.74) is 4.35. The van der Waals surface area contributed by atoms with Crippen molar-refractivity contribution >= 4 is 29.5 Å². The first-order valence-corrected chi connectivity index (χ1v) is 9.43. The van der Waals surface area contributed by atoms with Gasteiger partial charge in [0.1, 0.15) is 6.54 Å². The Bertz CT molecular complexity index is 911. The van der Waals surface area contributed by atoms with Crippen LogP contribution >= 0.6 is 23.6 Å². The molecule has 3 aromatic rings. The van der Waals surface area contributed by atoms with Gasteiger partial charge in [-0.25, -0.2) is 0 Å². The van der Waals surface area contributed by atoms with Crippen molar-refractivity contribution in [1.29, 1.82) is 0 Å². The molecule has 1 aromatic heterocycles. The Morgan fingerprint density at radius 2 is 1.84 bits per heavy atom. The van der Waals surface area contributed by atoms with Crippen LogP contribution < -0.4 is 5.32 Å². The Balaban J connectivity index is 1.77. The van der Waals surface area contributed by atoms with Crippen molar-refractivity contribution in [2.45, 2.75) is 26.4 Å². The van der Waals surface area contributed by atoms with E-state index in [0.29, 0.717) is 3.95 Å². The molecule has 128 valence electrons. The van der Waals surface area contributed by atoms with Gasteiger partial charge >= 0.3 is 0 Å². The minimum Gasteiger partial charge on any atom is -0.348 e. The first-order valence-electron chi connectivity index (χ1n) is 8.14. The summed E-state index contributed by atoms with van der Waals surface area (Å²) in [4.78, 5) is 12.5. The highest BCUT2D eigenvalue weighted by Gasteiger charge is 2.13. The lowest BCUT2D eigenvalue weighted by Crippen LogP contribution is -2.30. The third-order valence-corrected chi connectivity index (χ3v) is 5.38. The fourth-order valence-corrected chi connectivity index (χ4v) is 3.76. The monoisotopic (exact) mass is 368 g/mol. The van der Waals surface area contributed by atoms with Crippen LogP contribution in [-0.2, 0) is 11.3 Å². The molecule has 3 nitrogen and oxygen atoms in total. The van der Waals surface area contributed by atoms with Gasteiger partial charge in [0.25, 0.3) is 0 Å². The lowest BCUT2D eigenvalue weighted by atomic mass is 10.1. The van der Waals surface area contributed by atoms with Gasteiger partial charge in [-0.2, -0.15) is 0 Å². The van der Waals surface area contributed by atoms with E-state index < -0.39 is 0 Å². The van der Waals surface area contributed by atoms with E-state index >= 15 is 0 Å². The van der Waals surface area contributed by atoms with Crippen molar-refractivity contribution in [2.24, 2.45) is 0 Å². The molecule has 0 spiro atoms. The quantitative estimate of drug-likeness (QED) is 0.633. The number of nitrogens with zero attached hydrogens (tertiary/aromatic N) is 1. The van der Waals surface area contributed by atoms with Gasteiger partial charge in [-0.15, -0.1) is 11.3 Å². The molecule has 5 heteroatoms. The number of amides is 1. The maximum atomic E-state index is 12.5. The number of carbonyl (C=O) groups excluding carboxylic acids is 1. The van der Waals surface area contributed by atoms with Crippen molar-refractivity contribution in [1.82, 2.24) is 9.88 Å². The molecule has 2 aromatic carbocycles. The normalized spacial score (nSPS) is 11.9. The average molecular weight is 369 g/mol. The number of thiazole rings is 1. The van der Waals surface area contributed by atoms with Crippen molar-refractivity contribution in [3.05, 3.63) is 75.1 Å². The maximum absolute atomic E-state index is 12.5. The molecule has 0 saturated heterocycles. The van der Waals surface area contributed by atoms with Crippen LogP contribution in [0.4, 0.5) is 0 Å². The molecule has 1 atom stereocenters. The standard InChI is InChI=1S/C20H20N2OS2/c1-14-8-10-17(11-9-14)18-13-25-20(24)22(18)12-19(23)21-15(2)16-6-4-3-5-7-16/h3-11,13,15H,12H2,1-2H3,(H,21,23)/t15-/m1/s1. The zero-order valence-electron chi connectivity index (χ0n) is 14.2. The molecule has 0 unspecified atom stereocenters. The highest BCUT2D eigenvalue weighted by molar-refractivity contribution is 7.73. The summed E-state index contributed by atoms with van der Waals surface area (Å²) in [5, 5.41) is 5.06. The number of hydrogen-bond acceptors (Lipinski definition) is 3. The van der Waals surface area contributed by atoms with Crippen LogP contribution in [0, 0.1) is 10.9 Å². The topological polar surface area (TPSA) is 34.0 Å². The SMILES string of the molecule is Cc1ccc(-c2csc(=S)n2CC(=O)N[C@H](C)c2ccccc2)cc1. The van der Waals surface area contributed by atoms with Crippen LogP contribution in [0.25, 0.3) is 11.3 Å². The van der Waals surface area contributed by atoms with E-state index in [2.05, 4.69) is 36.5 Å². The number of hydrogen-bond donors (Lipinski definition) is 1. The van der Waals surface area contributed by atoms with Crippen molar-refractivity contribution in [3.8, 4) is 11.3 Å². The number of carbonyl (C=O) groups is 1. The van der Waals surface area contributed by atoms with Gasteiger partial charge in [0.05, 0.1) is 11.7 Å². The first-order chi connectivity index (χ1) is 12.0. The van der Waals surface area contributed by atoms with Gasteiger partial charge in [-0.05, 0) is 37.2 Å². The molecule has 0 bridgehead atoms. The van der Waals surface area contributed by atoms with Crippen LogP contribution in [0.2, 0.25) is 0 Å². The predicted molar refractivity (Wildman–Crippen MR) is 106 cm³/mol. The number of nitrogens with one attached hydrogen (secondary N) is 1. The highest BCUT2D eigenvalue weighted by Crippen LogP contribution is 2.24. The van der Waals surface area contributed by atoms with Crippen molar-refractivity contribution in [2.75, 3.05) is 0 Å². The number of benzene rings is 2. The zero-order chi connectivity index (χ0) is 17.8. The summed E-state index contributed by atoms with van der Waals surface area (Å²) in [5.74, 6) is -0.0424. The lowest BCUT2D eigenvalue weighted by molar-refractivity contribution is -0.122. The number of aryl methyl sites for hydroxylation is 1. The second-order valence-electron chi connectivity index (χ2n) is 6.04. The van der Waals surface area contributed by atoms with Crippen molar-refractivity contribution in [3.63, 3.8) is 0 Å². The summed E-state index contributed by atoms with van der Waals surface area (Å²) >= 11 is 6.91. The summed E-state index contributed by atoms with van der Waals surface area (Å²) < 4.78 is 2.61. The highest BCUT2D eigenvalue weighted by atomic mass is 32.1. The van der Waals surface area contributed by atoms with E-state index in [1.54, 1.807) is 0 Å². The largest absolute Gasteiger partial charge is 0.348 e. The van der Waals surface area contributed by atoms with E-state index in [9.17, 15) is 4.79 Å². The number of aromatic nitrogens is 1. The van der Waals surface area contributed by atoms with Gasteiger partial charge in [0, 0.05) is 5.38 Å². The Morgan fingerprint density at radius 3 is 2.52 bits per heavy atom. The molecule has 1 N–H and O–H groups in total. The van der Waals surface area contributed by atoms with Crippen LogP contribution in [-0.4, -0.2) is 10.5 Å². The maximum Gasteiger partial charge on any atom is 0.240 e. The van der Waals surface area contributed by atoms with Gasteiger partial charge in [-0.1, -0.05) is 60.2 Å². The van der Waals surface area contributed by atoms with E-state index in [0.717, 1.165) is 16.8 Å². The van der Waals surface area contributed by atoms with Gasteiger partial charge in [-0.3, -0.25) is 4.79 Å². The molecule has 0 aliphatic carbocycles. The van der Waals surface area contributed by atoms with Crippen LogP contribution in [0.15, 0.2) is 60.0 Å².